The molecule has 76 valence electrons. The largest absolute Gasteiger partial charge is 0.369 e. The van der Waals surface area contributed by atoms with Gasteiger partial charge in [0.15, 0.2) is 0 Å². The Balaban J connectivity index is 2.51. The highest BCUT2D eigenvalue weighted by atomic mass is 16.1. The summed E-state index contributed by atoms with van der Waals surface area (Å²) in [6, 6.07) is 0. The Morgan fingerprint density at radius 3 is 2.15 bits per heavy atom. The maximum Gasteiger partial charge on any atom is 0.223 e. The molecule has 0 heterocycles. The van der Waals surface area contributed by atoms with Crippen molar-refractivity contribution < 1.29 is 4.79 Å². The summed E-state index contributed by atoms with van der Waals surface area (Å²) in [6.45, 7) is 6.53. The van der Waals surface area contributed by atoms with Gasteiger partial charge in [-0.1, -0.05) is 20.8 Å². The molecule has 2 nitrogen and oxygen atoms in total. The Bertz CT molecular complexity index is 190. The highest BCUT2D eigenvalue weighted by molar-refractivity contribution is 5.80. The summed E-state index contributed by atoms with van der Waals surface area (Å²) >= 11 is 0. The van der Waals surface area contributed by atoms with Gasteiger partial charge in [0.25, 0.3) is 0 Å². The van der Waals surface area contributed by atoms with Crippen molar-refractivity contribution in [1.82, 2.24) is 0 Å². The van der Waals surface area contributed by atoms with Crippen LogP contribution in [-0.2, 0) is 4.79 Å². The molecule has 0 aromatic heterocycles. The maximum atomic E-state index is 11.2. The second-order valence-electron chi connectivity index (χ2n) is 5.01. The van der Waals surface area contributed by atoms with Crippen LogP contribution in [0.5, 0.6) is 0 Å². The Kier molecular flexibility index (Phi) is 2.99. The Morgan fingerprint density at radius 2 is 1.85 bits per heavy atom. The van der Waals surface area contributed by atoms with E-state index in [0.29, 0.717) is 0 Å². The van der Waals surface area contributed by atoms with Crippen LogP contribution in [0.3, 0.4) is 0 Å². The number of rotatable bonds is 2. The van der Waals surface area contributed by atoms with E-state index in [1.165, 1.54) is 0 Å². The van der Waals surface area contributed by atoms with Gasteiger partial charge in [-0.3, -0.25) is 4.79 Å². The summed E-state index contributed by atoms with van der Waals surface area (Å²) in [4.78, 5) is 11.2. The molecule has 2 N–H and O–H groups in total. The Morgan fingerprint density at radius 1 is 1.38 bits per heavy atom. The minimum atomic E-state index is -0.217. The molecule has 0 bridgehead atoms. The molecular formula is C11H21NO. The third kappa shape index (κ3) is 2.23. The van der Waals surface area contributed by atoms with Crippen LogP contribution < -0.4 is 5.73 Å². The van der Waals surface area contributed by atoms with E-state index in [4.69, 9.17) is 5.73 Å². The summed E-state index contributed by atoms with van der Waals surface area (Å²) in [5, 5.41) is 0. The number of primary amides is 1. The zero-order chi connectivity index (χ0) is 10.1. The molecule has 0 spiro atoms. The van der Waals surface area contributed by atoms with Crippen LogP contribution in [0.1, 0.15) is 46.5 Å². The Labute approximate surface area is 80.9 Å². The molecule has 1 rings (SSSR count). The van der Waals surface area contributed by atoms with Gasteiger partial charge in [0.2, 0.25) is 5.91 Å². The lowest BCUT2D eigenvalue weighted by atomic mass is 9.69. The van der Waals surface area contributed by atoms with Gasteiger partial charge in [-0.25, -0.2) is 0 Å². The van der Waals surface area contributed by atoms with Gasteiger partial charge in [-0.15, -0.1) is 0 Å². The van der Waals surface area contributed by atoms with Crippen LogP contribution in [0.15, 0.2) is 0 Å². The molecule has 0 atom stereocenters. The monoisotopic (exact) mass is 183 g/mol. The van der Waals surface area contributed by atoms with Gasteiger partial charge < -0.3 is 5.73 Å². The molecule has 13 heavy (non-hydrogen) atoms. The average Bonchev–Trinajstić information content (AvgIpc) is 2.04. The number of hydrogen-bond donors (Lipinski definition) is 1. The Hall–Kier alpha value is -0.530. The van der Waals surface area contributed by atoms with E-state index < -0.39 is 0 Å². The van der Waals surface area contributed by atoms with E-state index in [1.54, 1.807) is 0 Å². The molecule has 0 radical (unpaired) electrons. The number of hydrogen-bond acceptors (Lipinski definition) is 1. The molecule has 0 saturated heterocycles. The van der Waals surface area contributed by atoms with E-state index >= 15 is 0 Å². The van der Waals surface area contributed by atoms with Crippen LogP contribution in [0, 0.1) is 17.3 Å². The SMILES string of the molecule is CC(C)C1CCC(C)(C(N)=O)CC1. The fourth-order valence-corrected chi connectivity index (χ4v) is 2.19. The standard InChI is InChI=1S/C11H21NO/c1-8(2)9-4-6-11(3,7-5-9)10(12)13/h8-9H,4-7H2,1-3H3,(H2,12,13). The summed E-state index contributed by atoms with van der Waals surface area (Å²) < 4.78 is 0. The predicted octanol–water partition coefficient (Wildman–Crippen LogP) is 2.32. The van der Waals surface area contributed by atoms with Crippen LogP contribution in [0.4, 0.5) is 0 Å². The molecule has 1 amide bonds. The number of carbonyl (C=O) groups excluding carboxylic acids is 1. The first-order chi connectivity index (χ1) is 5.96. The fourth-order valence-electron chi connectivity index (χ4n) is 2.19. The molecule has 0 unspecified atom stereocenters. The van der Waals surface area contributed by atoms with Crippen molar-refractivity contribution in [3.05, 3.63) is 0 Å². The van der Waals surface area contributed by atoms with E-state index in [1.807, 2.05) is 6.92 Å². The minimum absolute atomic E-state index is 0.116. The first-order valence-electron chi connectivity index (χ1n) is 5.25. The van der Waals surface area contributed by atoms with E-state index in [2.05, 4.69) is 13.8 Å². The molecule has 1 aliphatic carbocycles. The first-order valence-corrected chi connectivity index (χ1v) is 5.25. The molecule has 0 aromatic rings. The van der Waals surface area contributed by atoms with Gasteiger partial charge in [0.05, 0.1) is 0 Å². The summed E-state index contributed by atoms with van der Waals surface area (Å²) in [5.41, 5.74) is 5.17. The number of nitrogens with two attached hydrogens (primary N) is 1. The molecule has 2 heteroatoms. The molecule has 1 fully saturated rings. The fraction of sp³-hybridized carbons (Fsp3) is 0.909. The molecule has 1 aliphatic rings. The molecular weight excluding hydrogens is 162 g/mol. The summed E-state index contributed by atoms with van der Waals surface area (Å²) in [6.07, 6.45) is 4.28. The molecule has 0 aromatic carbocycles. The van der Waals surface area contributed by atoms with Gasteiger partial charge in [-0.2, -0.15) is 0 Å². The normalized spacial score (nSPS) is 34.9. The van der Waals surface area contributed by atoms with Crippen LogP contribution in [-0.4, -0.2) is 5.91 Å². The van der Waals surface area contributed by atoms with Crippen LogP contribution >= 0.6 is 0 Å². The predicted molar refractivity (Wildman–Crippen MR) is 54.1 cm³/mol. The number of carbonyl (C=O) groups is 1. The third-order valence-electron chi connectivity index (χ3n) is 3.67. The van der Waals surface area contributed by atoms with Gasteiger partial charge in [-0.05, 0) is 37.5 Å². The van der Waals surface area contributed by atoms with Crippen molar-refractivity contribution in [2.75, 3.05) is 0 Å². The zero-order valence-electron chi connectivity index (χ0n) is 8.97. The van der Waals surface area contributed by atoms with Crippen molar-refractivity contribution in [1.29, 1.82) is 0 Å². The van der Waals surface area contributed by atoms with Crippen molar-refractivity contribution in [3.8, 4) is 0 Å². The maximum absolute atomic E-state index is 11.2. The lowest BCUT2D eigenvalue weighted by molar-refractivity contribution is -0.129. The lowest BCUT2D eigenvalue weighted by Gasteiger charge is -2.36. The van der Waals surface area contributed by atoms with E-state index in [-0.39, 0.29) is 11.3 Å². The zero-order valence-corrected chi connectivity index (χ0v) is 8.97. The lowest BCUT2D eigenvalue weighted by Crippen LogP contribution is -2.38. The van der Waals surface area contributed by atoms with Crippen LogP contribution in [0.25, 0.3) is 0 Å². The van der Waals surface area contributed by atoms with Gasteiger partial charge in [0.1, 0.15) is 0 Å². The average molecular weight is 183 g/mol. The topological polar surface area (TPSA) is 43.1 Å². The van der Waals surface area contributed by atoms with Crippen molar-refractivity contribution in [3.63, 3.8) is 0 Å². The smallest absolute Gasteiger partial charge is 0.223 e. The quantitative estimate of drug-likeness (QED) is 0.701. The highest BCUT2D eigenvalue weighted by Crippen LogP contribution is 2.40. The first kappa shape index (κ1) is 10.6. The van der Waals surface area contributed by atoms with Crippen molar-refractivity contribution in [2.24, 2.45) is 23.0 Å². The van der Waals surface area contributed by atoms with Gasteiger partial charge >= 0.3 is 0 Å². The summed E-state index contributed by atoms with van der Waals surface area (Å²) in [5.74, 6) is 1.43. The second kappa shape index (κ2) is 3.69. The van der Waals surface area contributed by atoms with Gasteiger partial charge in [0, 0.05) is 5.41 Å². The van der Waals surface area contributed by atoms with Crippen molar-refractivity contribution >= 4 is 5.91 Å². The van der Waals surface area contributed by atoms with E-state index in [0.717, 1.165) is 37.5 Å². The minimum Gasteiger partial charge on any atom is -0.369 e. The number of amides is 1. The second-order valence-corrected chi connectivity index (χ2v) is 5.01. The van der Waals surface area contributed by atoms with E-state index in [9.17, 15) is 4.79 Å². The van der Waals surface area contributed by atoms with Crippen molar-refractivity contribution in [2.45, 2.75) is 46.5 Å². The molecule has 0 aliphatic heterocycles. The van der Waals surface area contributed by atoms with Crippen LogP contribution in [0.2, 0.25) is 0 Å². The highest BCUT2D eigenvalue weighted by Gasteiger charge is 2.36. The third-order valence-corrected chi connectivity index (χ3v) is 3.67. The molecule has 1 saturated carbocycles. The summed E-state index contributed by atoms with van der Waals surface area (Å²) in [7, 11) is 0.